The molecule has 18 heavy (non-hydrogen) atoms. The van der Waals surface area contributed by atoms with E-state index in [0.717, 1.165) is 10.7 Å². The second-order valence-corrected chi connectivity index (χ2v) is 5.31. The van der Waals surface area contributed by atoms with Crippen LogP contribution in [0.1, 0.15) is 41.1 Å². The summed E-state index contributed by atoms with van der Waals surface area (Å²) in [6, 6.07) is 0. The molecule has 0 aromatic carbocycles. The summed E-state index contributed by atoms with van der Waals surface area (Å²) < 4.78 is 1.69. The Balaban J connectivity index is 1.95. The second-order valence-electron chi connectivity index (χ2n) is 4.37. The maximum absolute atomic E-state index is 11.8. The first-order chi connectivity index (χ1) is 8.58. The third kappa shape index (κ3) is 2.76. The molecule has 5 nitrogen and oxygen atoms in total. The van der Waals surface area contributed by atoms with Gasteiger partial charge in [0.1, 0.15) is 5.01 Å². The van der Waals surface area contributed by atoms with E-state index in [4.69, 9.17) is 0 Å². The van der Waals surface area contributed by atoms with Gasteiger partial charge in [0.2, 0.25) is 0 Å². The molecule has 2 heterocycles. The van der Waals surface area contributed by atoms with E-state index in [1.165, 1.54) is 0 Å². The molecule has 0 atom stereocenters. The van der Waals surface area contributed by atoms with Crippen molar-refractivity contribution in [3.8, 4) is 0 Å². The van der Waals surface area contributed by atoms with Crippen LogP contribution in [0.3, 0.4) is 0 Å². The predicted octanol–water partition coefficient (Wildman–Crippen LogP) is 1.93. The summed E-state index contributed by atoms with van der Waals surface area (Å²) in [5.74, 6) is 0.652. The molecule has 2 aromatic rings. The highest BCUT2D eigenvalue weighted by atomic mass is 32.1. The molecule has 0 radical (unpaired) electrons. The number of amides is 1. The average molecular weight is 264 g/mol. The smallest absolute Gasteiger partial charge is 0.287 e. The van der Waals surface area contributed by atoms with Gasteiger partial charge in [0.25, 0.3) is 5.91 Å². The maximum Gasteiger partial charge on any atom is 0.287 e. The second kappa shape index (κ2) is 5.30. The first kappa shape index (κ1) is 12.8. The minimum absolute atomic E-state index is 0.177. The lowest BCUT2D eigenvalue weighted by Crippen LogP contribution is -2.25. The number of nitrogens with zero attached hydrogens (tertiary/aromatic N) is 3. The molecule has 1 amide bonds. The molecule has 0 aliphatic rings. The molecule has 0 aliphatic heterocycles. The van der Waals surface area contributed by atoms with Gasteiger partial charge in [-0.25, -0.2) is 9.97 Å². The van der Waals surface area contributed by atoms with Crippen molar-refractivity contribution < 1.29 is 4.79 Å². The number of imidazole rings is 1. The van der Waals surface area contributed by atoms with Crippen molar-refractivity contribution >= 4 is 17.2 Å². The number of nitrogens with one attached hydrogen (secondary N) is 1. The molecule has 2 aromatic heterocycles. The van der Waals surface area contributed by atoms with E-state index in [9.17, 15) is 4.79 Å². The Morgan fingerprint density at radius 1 is 1.56 bits per heavy atom. The quantitative estimate of drug-likeness (QED) is 0.918. The molecule has 0 bridgehead atoms. The maximum atomic E-state index is 11.8. The fourth-order valence-corrected chi connectivity index (χ4v) is 2.39. The van der Waals surface area contributed by atoms with Gasteiger partial charge in [0, 0.05) is 24.8 Å². The van der Waals surface area contributed by atoms with Crippen LogP contribution in [-0.2, 0) is 13.6 Å². The van der Waals surface area contributed by atoms with E-state index in [1.807, 2.05) is 5.38 Å². The molecule has 0 saturated carbocycles. The summed E-state index contributed by atoms with van der Waals surface area (Å²) in [6.07, 6.45) is 3.35. The van der Waals surface area contributed by atoms with Gasteiger partial charge in [-0.3, -0.25) is 4.79 Å². The monoisotopic (exact) mass is 264 g/mol. The van der Waals surface area contributed by atoms with Crippen molar-refractivity contribution in [3.05, 3.63) is 34.3 Å². The van der Waals surface area contributed by atoms with Crippen LogP contribution in [0.4, 0.5) is 0 Å². The zero-order chi connectivity index (χ0) is 13.1. The normalized spacial score (nSPS) is 10.9. The Hall–Kier alpha value is -1.69. The molecule has 1 N–H and O–H groups in total. The van der Waals surface area contributed by atoms with Gasteiger partial charge >= 0.3 is 0 Å². The Morgan fingerprint density at radius 3 is 2.89 bits per heavy atom. The lowest BCUT2D eigenvalue weighted by atomic mass is 10.2. The van der Waals surface area contributed by atoms with Gasteiger partial charge < -0.3 is 9.88 Å². The van der Waals surface area contributed by atoms with E-state index >= 15 is 0 Å². The van der Waals surface area contributed by atoms with Crippen LogP contribution in [0.2, 0.25) is 0 Å². The van der Waals surface area contributed by atoms with Crippen LogP contribution in [-0.4, -0.2) is 20.4 Å². The Kier molecular flexibility index (Phi) is 3.76. The number of thiazole rings is 1. The molecule has 6 heteroatoms. The molecule has 0 fully saturated rings. The number of aryl methyl sites for hydroxylation is 1. The molecular formula is C12H16N4OS. The van der Waals surface area contributed by atoms with Crippen molar-refractivity contribution in [2.45, 2.75) is 26.3 Å². The fraction of sp³-hybridized carbons (Fsp3) is 0.417. The lowest BCUT2D eigenvalue weighted by molar-refractivity contribution is 0.0937. The third-order valence-corrected chi connectivity index (χ3v) is 3.45. The molecular weight excluding hydrogens is 248 g/mol. The van der Waals surface area contributed by atoms with E-state index < -0.39 is 0 Å². The van der Waals surface area contributed by atoms with Gasteiger partial charge in [-0.1, -0.05) is 13.8 Å². The number of carbonyl (C=O) groups is 1. The van der Waals surface area contributed by atoms with Crippen molar-refractivity contribution in [1.82, 2.24) is 19.9 Å². The van der Waals surface area contributed by atoms with Crippen LogP contribution < -0.4 is 5.32 Å². The summed E-state index contributed by atoms with van der Waals surface area (Å²) >= 11 is 1.57. The molecule has 96 valence electrons. The molecule has 0 saturated heterocycles. The van der Waals surface area contributed by atoms with Crippen LogP contribution >= 0.6 is 11.3 Å². The van der Waals surface area contributed by atoms with E-state index in [0.29, 0.717) is 18.3 Å². The van der Waals surface area contributed by atoms with Gasteiger partial charge in [-0.05, 0) is 5.92 Å². The van der Waals surface area contributed by atoms with E-state index in [1.54, 1.807) is 35.3 Å². The van der Waals surface area contributed by atoms with Gasteiger partial charge in [0.05, 0.1) is 12.2 Å². The molecule has 0 aliphatic carbocycles. The fourth-order valence-electron chi connectivity index (χ4n) is 1.49. The Labute approximate surface area is 110 Å². The lowest BCUT2D eigenvalue weighted by Gasteiger charge is -2.03. The van der Waals surface area contributed by atoms with Crippen molar-refractivity contribution in [2.24, 2.45) is 7.05 Å². The van der Waals surface area contributed by atoms with E-state index in [-0.39, 0.29) is 5.91 Å². The van der Waals surface area contributed by atoms with Crippen LogP contribution in [0.15, 0.2) is 17.8 Å². The minimum Gasteiger partial charge on any atom is -0.343 e. The summed E-state index contributed by atoms with van der Waals surface area (Å²) in [5.41, 5.74) is 1.07. The highest BCUT2D eigenvalue weighted by molar-refractivity contribution is 7.09. The third-order valence-electron chi connectivity index (χ3n) is 2.59. The first-order valence-electron chi connectivity index (χ1n) is 5.77. The summed E-state index contributed by atoms with van der Waals surface area (Å²) in [4.78, 5) is 20.3. The van der Waals surface area contributed by atoms with Crippen molar-refractivity contribution in [2.75, 3.05) is 0 Å². The first-order valence-corrected chi connectivity index (χ1v) is 6.65. The minimum atomic E-state index is -0.177. The van der Waals surface area contributed by atoms with Crippen molar-refractivity contribution in [3.63, 3.8) is 0 Å². The average Bonchev–Trinajstić information content (AvgIpc) is 2.94. The predicted molar refractivity (Wildman–Crippen MR) is 70.6 cm³/mol. The van der Waals surface area contributed by atoms with Crippen LogP contribution in [0.5, 0.6) is 0 Å². The van der Waals surface area contributed by atoms with Gasteiger partial charge in [-0.2, -0.15) is 0 Å². The highest BCUT2D eigenvalue weighted by Crippen LogP contribution is 2.17. The Bertz CT molecular complexity index is 544. The summed E-state index contributed by atoms with van der Waals surface area (Å²) in [5, 5.41) is 5.77. The largest absolute Gasteiger partial charge is 0.343 e. The zero-order valence-corrected chi connectivity index (χ0v) is 11.5. The number of hydrogen-bond acceptors (Lipinski definition) is 4. The number of carbonyl (C=O) groups excluding carboxylic acids is 1. The number of rotatable bonds is 4. The highest BCUT2D eigenvalue weighted by Gasteiger charge is 2.11. The van der Waals surface area contributed by atoms with Gasteiger partial charge in [-0.15, -0.1) is 11.3 Å². The SMILES string of the molecule is CC(C)c1csc(CNC(=O)c2nccn2C)n1. The summed E-state index contributed by atoms with van der Waals surface area (Å²) in [6.45, 7) is 4.65. The Morgan fingerprint density at radius 2 is 2.33 bits per heavy atom. The van der Waals surface area contributed by atoms with E-state index in [2.05, 4.69) is 29.1 Å². The molecule has 0 spiro atoms. The number of aromatic nitrogens is 3. The van der Waals surface area contributed by atoms with Crippen LogP contribution in [0.25, 0.3) is 0 Å². The molecule has 0 unspecified atom stereocenters. The zero-order valence-electron chi connectivity index (χ0n) is 10.7. The van der Waals surface area contributed by atoms with Gasteiger partial charge in [0.15, 0.2) is 5.82 Å². The molecule has 2 rings (SSSR count). The standard InChI is InChI=1S/C12H16N4OS/c1-8(2)9-7-18-10(15-9)6-14-12(17)11-13-4-5-16(11)3/h4-5,7-8H,6H2,1-3H3,(H,14,17). The topological polar surface area (TPSA) is 59.8 Å². The summed E-state index contributed by atoms with van der Waals surface area (Å²) in [7, 11) is 1.79. The number of hydrogen-bond donors (Lipinski definition) is 1. The van der Waals surface area contributed by atoms with Crippen LogP contribution in [0, 0.1) is 0 Å². The van der Waals surface area contributed by atoms with Crippen molar-refractivity contribution in [1.29, 1.82) is 0 Å².